The van der Waals surface area contributed by atoms with Crippen molar-refractivity contribution < 1.29 is 20.4 Å². The highest BCUT2D eigenvalue weighted by molar-refractivity contribution is 6.15. The molecule has 0 aliphatic carbocycles. The summed E-state index contributed by atoms with van der Waals surface area (Å²) in [5.74, 6) is 6.56. The lowest BCUT2D eigenvalue weighted by atomic mass is 9.75. The fraction of sp³-hybridized carbons (Fsp3) is 0.100. The van der Waals surface area contributed by atoms with E-state index in [9.17, 15) is 20.4 Å². The summed E-state index contributed by atoms with van der Waals surface area (Å²) in [6, 6.07) is 40.8. The highest BCUT2D eigenvalue weighted by Gasteiger charge is 2.31. The van der Waals surface area contributed by atoms with Gasteiger partial charge in [0.2, 0.25) is 0 Å². The summed E-state index contributed by atoms with van der Waals surface area (Å²) in [6.07, 6.45) is 0. The van der Waals surface area contributed by atoms with Crippen LogP contribution < -0.4 is 11.3 Å². The molecule has 0 spiro atoms. The number of hydrazine groups is 1. The zero-order valence-electron chi connectivity index (χ0n) is 25.3. The molecule has 0 aromatic heterocycles. The molecule has 0 bridgehead atoms. The van der Waals surface area contributed by atoms with E-state index in [2.05, 4.69) is 5.43 Å². The quantitative estimate of drug-likeness (QED) is 0.0719. The number of hydrogen-bond acceptors (Lipinski definition) is 6. The fourth-order valence-electron chi connectivity index (χ4n) is 6.47. The van der Waals surface area contributed by atoms with Crippen LogP contribution in [0.3, 0.4) is 0 Å². The third-order valence-electron chi connectivity index (χ3n) is 8.53. The topological polar surface area (TPSA) is 119 Å². The minimum atomic E-state index is -0.209. The van der Waals surface area contributed by atoms with Crippen LogP contribution in [-0.2, 0) is 26.4 Å². The second kappa shape index (κ2) is 13.9. The second-order valence-electron chi connectivity index (χ2n) is 11.0. The van der Waals surface area contributed by atoms with Crippen LogP contribution in [0.15, 0.2) is 127 Å². The molecular formula is C40H36N2O4. The van der Waals surface area contributed by atoms with E-state index in [1.54, 1.807) is 0 Å². The maximum atomic E-state index is 10.7. The third kappa shape index (κ3) is 5.49. The summed E-state index contributed by atoms with van der Waals surface area (Å²) in [6.45, 7) is -0.817. The van der Waals surface area contributed by atoms with Gasteiger partial charge in [-0.15, -0.1) is 0 Å². The van der Waals surface area contributed by atoms with Crippen molar-refractivity contribution in [2.75, 3.05) is 5.43 Å². The number of anilines is 1. The van der Waals surface area contributed by atoms with E-state index in [0.29, 0.717) is 16.8 Å². The van der Waals surface area contributed by atoms with E-state index >= 15 is 0 Å². The van der Waals surface area contributed by atoms with E-state index in [1.807, 2.05) is 127 Å². The molecule has 0 saturated carbocycles. The number of nitrogens with two attached hydrogens (primary N) is 1. The molecule has 0 unspecified atom stereocenters. The maximum absolute atomic E-state index is 10.7. The Kier molecular flexibility index (Phi) is 9.36. The highest BCUT2D eigenvalue weighted by atomic mass is 16.3. The first kappa shape index (κ1) is 30.9. The molecule has 230 valence electrons. The van der Waals surface area contributed by atoms with Crippen LogP contribution in [0.25, 0.3) is 55.6 Å². The molecule has 6 rings (SSSR count). The third-order valence-corrected chi connectivity index (χ3v) is 8.53. The average molecular weight is 609 g/mol. The average Bonchev–Trinajstić information content (AvgIpc) is 3.13. The fourth-order valence-corrected chi connectivity index (χ4v) is 6.47. The first-order valence-electron chi connectivity index (χ1n) is 15.2. The molecule has 6 aromatic rings. The van der Waals surface area contributed by atoms with Crippen LogP contribution in [0.5, 0.6) is 0 Å². The summed E-state index contributed by atoms with van der Waals surface area (Å²) in [7, 11) is 0. The van der Waals surface area contributed by atoms with Crippen LogP contribution in [0.1, 0.15) is 22.3 Å². The highest BCUT2D eigenvalue weighted by Crippen LogP contribution is 2.56. The van der Waals surface area contributed by atoms with Crippen LogP contribution in [-0.4, -0.2) is 20.4 Å². The molecule has 0 fully saturated rings. The van der Waals surface area contributed by atoms with Gasteiger partial charge < -0.3 is 25.9 Å². The molecule has 6 nitrogen and oxygen atoms in total. The number of aliphatic hydroxyl groups excluding tert-OH is 4. The minimum Gasteiger partial charge on any atom is -0.392 e. The van der Waals surface area contributed by atoms with Gasteiger partial charge in [-0.25, -0.2) is 0 Å². The number of hydrogen-bond donors (Lipinski definition) is 6. The maximum Gasteiger partial charge on any atom is 0.0687 e. The number of nitrogens with one attached hydrogen (secondary N) is 1. The SMILES string of the molecule is NNc1c(-c2ccccc2CO)c(-c2ccccc2CO)c(-c2ccccc2)c(-c2ccccc2CO)c1-c1ccccc1CO. The van der Waals surface area contributed by atoms with Crippen molar-refractivity contribution in [1.82, 2.24) is 0 Å². The van der Waals surface area contributed by atoms with Crippen molar-refractivity contribution in [2.45, 2.75) is 26.4 Å². The van der Waals surface area contributed by atoms with Crippen molar-refractivity contribution in [3.63, 3.8) is 0 Å². The Hall–Kier alpha value is -5.08. The van der Waals surface area contributed by atoms with Gasteiger partial charge in [-0.3, -0.25) is 5.84 Å². The molecule has 6 aromatic carbocycles. The van der Waals surface area contributed by atoms with Gasteiger partial charge in [0, 0.05) is 22.3 Å². The van der Waals surface area contributed by atoms with Crippen molar-refractivity contribution in [2.24, 2.45) is 5.84 Å². The molecule has 0 aliphatic heterocycles. The number of aliphatic hydroxyl groups is 4. The Bertz CT molecular complexity index is 1870. The Morgan fingerprint density at radius 1 is 0.370 bits per heavy atom. The molecule has 46 heavy (non-hydrogen) atoms. The molecule has 0 atom stereocenters. The van der Waals surface area contributed by atoms with Crippen molar-refractivity contribution >= 4 is 5.69 Å². The van der Waals surface area contributed by atoms with Gasteiger partial charge in [-0.1, -0.05) is 127 Å². The van der Waals surface area contributed by atoms with Gasteiger partial charge in [0.1, 0.15) is 0 Å². The van der Waals surface area contributed by atoms with Crippen molar-refractivity contribution in [1.29, 1.82) is 0 Å². The molecule has 0 heterocycles. The lowest BCUT2D eigenvalue weighted by molar-refractivity contribution is 0.282. The summed E-state index contributed by atoms with van der Waals surface area (Å²) in [5, 5.41) is 42.5. The van der Waals surface area contributed by atoms with E-state index < -0.39 is 0 Å². The molecule has 0 radical (unpaired) electrons. The Morgan fingerprint density at radius 2 is 0.674 bits per heavy atom. The molecule has 7 N–H and O–H groups in total. The Balaban J connectivity index is 2.00. The predicted molar refractivity (Wildman–Crippen MR) is 185 cm³/mol. The van der Waals surface area contributed by atoms with E-state index in [0.717, 1.165) is 66.8 Å². The van der Waals surface area contributed by atoms with E-state index in [4.69, 9.17) is 5.84 Å². The molecular weight excluding hydrogens is 572 g/mol. The summed E-state index contributed by atoms with van der Waals surface area (Å²) in [4.78, 5) is 0. The standard InChI is InChI=1S/C40H36N2O4/c41-42-40-38(33-20-10-6-16-29(33)24-45)36(31-18-8-4-14-27(31)22-43)35(26-12-2-1-3-13-26)37(32-19-9-5-15-28(32)23-44)39(40)34-21-11-7-17-30(34)25-46/h1-21,42-46H,22-25,41H2. The van der Waals surface area contributed by atoms with Crippen molar-refractivity contribution in [3.8, 4) is 55.6 Å². The van der Waals surface area contributed by atoms with Gasteiger partial charge in [0.05, 0.1) is 32.1 Å². The van der Waals surface area contributed by atoms with Crippen LogP contribution in [0.2, 0.25) is 0 Å². The van der Waals surface area contributed by atoms with Gasteiger partial charge in [-0.05, 0) is 55.6 Å². The second-order valence-corrected chi connectivity index (χ2v) is 11.0. The number of benzene rings is 6. The Labute approximate surface area is 268 Å². The monoisotopic (exact) mass is 608 g/mol. The molecule has 0 saturated heterocycles. The largest absolute Gasteiger partial charge is 0.392 e. The Morgan fingerprint density at radius 3 is 1.00 bits per heavy atom. The van der Waals surface area contributed by atoms with Gasteiger partial charge in [-0.2, -0.15) is 0 Å². The first-order valence-corrected chi connectivity index (χ1v) is 15.2. The van der Waals surface area contributed by atoms with Crippen LogP contribution in [0.4, 0.5) is 5.69 Å². The smallest absolute Gasteiger partial charge is 0.0687 e. The van der Waals surface area contributed by atoms with E-state index in [1.165, 1.54) is 0 Å². The summed E-state index contributed by atoms with van der Waals surface area (Å²) >= 11 is 0. The molecule has 0 aliphatic rings. The molecule has 0 amide bonds. The van der Waals surface area contributed by atoms with Gasteiger partial charge >= 0.3 is 0 Å². The summed E-state index contributed by atoms with van der Waals surface area (Å²) in [5.41, 5.74) is 14.4. The van der Waals surface area contributed by atoms with Crippen molar-refractivity contribution in [3.05, 3.63) is 150 Å². The van der Waals surface area contributed by atoms with Crippen LogP contribution in [0, 0.1) is 0 Å². The lowest BCUT2D eigenvalue weighted by Gasteiger charge is -2.30. The van der Waals surface area contributed by atoms with Gasteiger partial charge in [0.15, 0.2) is 0 Å². The predicted octanol–water partition coefficient (Wildman–Crippen LogP) is 7.28. The zero-order valence-corrected chi connectivity index (χ0v) is 25.3. The normalized spacial score (nSPS) is 11.1. The van der Waals surface area contributed by atoms with Gasteiger partial charge in [0.25, 0.3) is 0 Å². The summed E-state index contributed by atoms with van der Waals surface area (Å²) < 4.78 is 0. The first-order chi connectivity index (χ1) is 22.7. The van der Waals surface area contributed by atoms with E-state index in [-0.39, 0.29) is 26.4 Å². The van der Waals surface area contributed by atoms with Crippen LogP contribution >= 0.6 is 0 Å². The minimum absolute atomic E-state index is 0.200. The lowest BCUT2D eigenvalue weighted by Crippen LogP contribution is -2.14. The zero-order chi connectivity index (χ0) is 32.0. The molecule has 6 heteroatoms. The number of nitrogen functional groups attached to an aromatic ring is 1. The number of rotatable bonds is 10.